The normalized spacial score (nSPS) is 10.4. The Hall–Kier alpha value is -3.61. The summed E-state index contributed by atoms with van der Waals surface area (Å²) in [6.45, 7) is 1.16. The molecule has 0 spiro atoms. The predicted molar refractivity (Wildman–Crippen MR) is 102 cm³/mol. The molecule has 0 heterocycles. The third-order valence-corrected chi connectivity index (χ3v) is 3.64. The number of esters is 2. The summed E-state index contributed by atoms with van der Waals surface area (Å²) >= 11 is 0. The number of ketones is 1. The second kappa shape index (κ2) is 9.91. The first-order chi connectivity index (χ1) is 13.4. The molecule has 0 bridgehead atoms. The molecule has 0 fully saturated rings. The Morgan fingerprint density at radius 3 is 2.29 bits per heavy atom. The molecule has 7 heteroatoms. The summed E-state index contributed by atoms with van der Waals surface area (Å²) in [4.78, 5) is 34.4. The number of hydrogen-bond acceptors (Lipinski definition) is 7. The van der Waals surface area contributed by atoms with E-state index in [9.17, 15) is 14.4 Å². The molecule has 7 nitrogen and oxygen atoms in total. The highest BCUT2D eigenvalue weighted by atomic mass is 16.6. The van der Waals surface area contributed by atoms with Crippen molar-refractivity contribution in [3.05, 3.63) is 59.7 Å². The highest BCUT2D eigenvalue weighted by molar-refractivity contribution is 5.94. The van der Waals surface area contributed by atoms with Crippen LogP contribution < -0.4 is 14.2 Å². The smallest absolute Gasteiger partial charge is 0.349 e. The molecule has 0 atom stereocenters. The maximum Gasteiger partial charge on any atom is 0.349 e. The van der Waals surface area contributed by atoms with Crippen molar-refractivity contribution in [3.8, 4) is 17.2 Å². The zero-order valence-electron chi connectivity index (χ0n) is 15.8. The largest absolute Gasteiger partial charge is 0.493 e. The maximum absolute atomic E-state index is 12.0. The summed E-state index contributed by atoms with van der Waals surface area (Å²) in [5, 5.41) is 0. The van der Waals surface area contributed by atoms with Crippen LogP contribution in [0, 0.1) is 0 Å². The molecular weight excluding hydrogens is 364 g/mol. The van der Waals surface area contributed by atoms with Gasteiger partial charge in [-0.25, -0.2) is 9.59 Å². The summed E-state index contributed by atoms with van der Waals surface area (Å²) in [5.41, 5.74) is 1.23. The van der Waals surface area contributed by atoms with Gasteiger partial charge in [-0.2, -0.15) is 0 Å². The van der Waals surface area contributed by atoms with Gasteiger partial charge in [0.2, 0.25) is 0 Å². The fourth-order valence-corrected chi connectivity index (χ4v) is 2.18. The van der Waals surface area contributed by atoms with E-state index in [4.69, 9.17) is 14.2 Å². The van der Waals surface area contributed by atoms with Gasteiger partial charge >= 0.3 is 11.9 Å². The number of Topliss-reactive ketones (excluding diaryl/α,β-unsaturated/α-hetero) is 1. The molecule has 0 radical (unpaired) electrons. The molecule has 28 heavy (non-hydrogen) atoms. The predicted octanol–water partition coefficient (Wildman–Crippen LogP) is 3.07. The third kappa shape index (κ3) is 5.98. The summed E-state index contributed by atoms with van der Waals surface area (Å²) in [6, 6.07) is 11.3. The Morgan fingerprint density at radius 2 is 1.68 bits per heavy atom. The van der Waals surface area contributed by atoms with Crippen molar-refractivity contribution in [2.24, 2.45) is 0 Å². The monoisotopic (exact) mass is 384 g/mol. The molecule has 0 aliphatic heterocycles. The lowest BCUT2D eigenvalue weighted by molar-refractivity contribution is -0.137. The van der Waals surface area contributed by atoms with Crippen LogP contribution >= 0.6 is 0 Å². The fraction of sp³-hybridized carbons (Fsp3) is 0.190. The van der Waals surface area contributed by atoms with Crippen LogP contribution in [-0.2, 0) is 14.3 Å². The lowest BCUT2D eigenvalue weighted by Crippen LogP contribution is -2.18. The zero-order valence-corrected chi connectivity index (χ0v) is 15.8. The van der Waals surface area contributed by atoms with Gasteiger partial charge in [-0.1, -0.05) is 6.07 Å². The third-order valence-electron chi connectivity index (χ3n) is 3.64. The Kier molecular flexibility index (Phi) is 7.33. The minimum Gasteiger partial charge on any atom is -0.493 e. The van der Waals surface area contributed by atoms with Crippen molar-refractivity contribution in [1.82, 2.24) is 0 Å². The number of carbonyl (C=O) groups excluding carboxylic acids is 3. The first-order valence-electron chi connectivity index (χ1n) is 8.31. The van der Waals surface area contributed by atoms with E-state index in [0.717, 1.165) is 0 Å². The average Bonchev–Trinajstić information content (AvgIpc) is 2.71. The second-order valence-electron chi connectivity index (χ2n) is 5.61. The van der Waals surface area contributed by atoms with Crippen molar-refractivity contribution in [2.75, 3.05) is 20.8 Å². The first-order valence-corrected chi connectivity index (χ1v) is 8.31. The number of carbonyl (C=O) groups is 3. The van der Waals surface area contributed by atoms with E-state index in [1.54, 1.807) is 48.5 Å². The standard InChI is InChI=1S/C21H20O7/c1-14(22)16-6-8-17(9-7-16)27-13-21(24)28-18-10-4-15(12-19(18)25-2)5-11-20(23)26-3/h4-12H,13H2,1-3H3/b11-5+. The van der Waals surface area contributed by atoms with Gasteiger partial charge in [-0.3, -0.25) is 4.79 Å². The van der Waals surface area contributed by atoms with E-state index in [1.807, 2.05) is 0 Å². The molecule has 0 saturated heterocycles. The van der Waals surface area contributed by atoms with Gasteiger partial charge in [-0.05, 0) is 55.0 Å². The van der Waals surface area contributed by atoms with E-state index in [0.29, 0.717) is 22.6 Å². The van der Waals surface area contributed by atoms with E-state index in [2.05, 4.69) is 4.74 Å². The molecule has 0 aromatic heterocycles. The van der Waals surface area contributed by atoms with Gasteiger partial charge in [0.25, 0.3) is 0 Å². The molecule has 0 saturated carbocycles. The number of methoxy groups -OCH3 is 2. The minimum atomic E-state index is -0.619. The second-order valence-corrected chi connectivity index (χ2v) is 5.61. The minimum absolute atomic E-state index is 0.0528. The van der Waals surface area contributed by atoms with Crippen molar-refractivity contribution >= 4 is 23.8 Å². The molecule has 146 valence electrons. The molecular formula is C21H20O7. The number of rotatable bonds is 8. The highest BCUT2D eigenvalue weighted by Gasteiger charge is 2.12. The molecule has 0 amide bonds. The van der Waals surface area contributed by atoms with Gasteiger partial charge < -0.3 is 18.9 Å². The topological polar surface area (TPSA) is 88.1 Å². The fourth-order valence-electron chi connectivity index (χ4n) is 2.18. The van der Waals surface area contributed by atoms with Gasteiger partial charge in [0.05, 0.1) is 14.2 Å². The molecule has 2 rings (SSSR count). The maximum atomic E-state index is 12.0. The van der Waals surface area contributed by atoms with E-state index < -0.39 is 11.9 Å². The SMILES string of the molecule is COC(=O)/C=C/c1ccc(OC(=O)COc2ccc(C(C)=O)cc2)c(OC)c1. The Balaban J connectivity index is 1.97. The van der Waals surface area contributed by atoms with Crippen molar-refractivity contribution in [2.45, 2.75) is 6.92 Å². The van der Waals surface area contributed by atoms with Gasteiger partial charge in [0.15, 0.2) is 23.9 Å². The molecule has 0 aliphatic rings. The van der Waals surface area contributed by atoms with Crippen LogP contribution in [0.25, 0.3) is 6.08 Å². The number of hydrogen-bond donors (Lipinski definition) is 0. The lowest BCUT2D eigenvalue weighted by Gasteiger charge is -2.11. The van der Waals surface area contributed by atoms with Crippen LogP contribution in [0.5, 0.6) is 17.2 Å². The average molecular weight is 384 g/mol. The molecule has 0 unspecified atom stereocenters. The summed E-state index contributed by atoms with van der Waals surface area (Å²) < 4.78 is 20.4. The Labute approximate surface area is 162 Å². The van der Waals surface area contributed by atoms with E-state index in [1.165, 1.54) is 27.2 Å². The van der Waals surface area contributed by atoms with Crippen molar-refractivity contribution in [1.29, 1.82) is 0 Å². The van der Waals surface area contributed by atoms with E-state index >= 15 is 0 Å². The quantitative estimate of drug-likeness (QED) is 0.299. The highest BCUT2D eigenvalue weighted by Crippen LogP contribution is 2.28. The van der Waals surface area contributed by atoms with Crippen LogP contribution in [0.15, 0.2) is 48.5 Å². The van der Waals surface area contributed by atoms with Gasteiger partial charge in [0, 0.05) is 11.6 Å². The molecule has 2 aromatic rings. The summed E-state index contributed by atoms with van der Waals surface area (Å²) in [5.74, 6) is -0.167. The molecule has 0 aliphatic carbocycles. The van der Waals surface area contributed by atoms with Crippen LogP contribution in [0.2, 0.25) is 0 Å². The molecule has 2 aromatic carbocycles. The van der Waals surface area contributed by atoms with Crippen molar-refractivity contribution in [3.63, 3.8) is 0 Å². The summed E-state index contributed by atoms with van der Waals surface area (Å²) in [6.07, 6.45) is 2.82. The van der Waals surface area contributed by atoms with Crippen LogP contribution in [-0.4, -0.2) is 38.5 Å². The summed E-state index contributed by atoms with van der Waals surface area (Å²) in [7, 11) is 2.73. The number of ether oxygens (including phenoxy) is 4. The Morgan fingerprint density at radius 1 is 0.964 bits per heavy atom. The van der Waals surface area contributed by atoms with E-state index in [-0.39, 0.29) is 18.1 Å². The van der Waals surface area contributed by atoms with Gasteiger partial charge in [0.1, 0.15) is 5.75 Å². The zero-order chi connectivity index (χ0) is 20.5. The van der Waals surface area contributed by atoms with Crippen LogP contribution in [0.3, 0.4) is 0 Å². The molecule has 0 N–H and O–H groups in total. The first kappa shape index (κ1) is 20.7. The number of benzene rings is 2. The Bertz CT molecular complexity index is 882. The van der Waals surface area contributed by atoms with Crippen LogP contribution in [0.4, 0.5) is 0 Å². The lowest BCUT2D eigenvalue weighted by atomic mass is 10.1. The van der Waals surface area contributed by atoms with Gasteiger partial charge in [-0.15, -0.1) is 0 Å². The van der Waals surface area contributed by atoms with Crippen LogP contribution in [0.1, 0.15) is 22.8 Å². The van der Waals surface area contributed by atoms with Crippen molar-refractivity contribution < 1.29 is 33.3 Å².